The number of likely N-dealkylation sites (N-methyl/N-ethyl adjacent to an activating group) is 1. The van der Waals surface area contributed by atoms with Crippen LogP contribution in [0.3, 0.4) is 0 Å². The average Bonchev–Trinajstić information content (AvgIpc) is 2.73. The molecule has 0 radical (unpaired) electrons. The zero-order valence-electron chi connectivity index (χ0n) is 9.42. The molecule has 0 bridgehead atoms. The molecule has 2 atom stereocenters. The predicted octanol–water partition coefficient (Wildman–Crippen LogP) is -0.582. The number of hydrogen-bond donors (Lipinski definition) is 2. The lowest BCUT2D eigenvalue weighted by atomic mass is 10.2. The third-order valence-electron chi connectivity index (χ3n) is 2.92. The summed E-state index contributed by atoms with van der Waals surface area (Å²) in [5.74, 6) is 2.42. The highest BCUT2D eigenvalue weighted by Crippen LogP contribution is 2.12. The average molecular weight is 209 g/mol. The highest BCUT2D eigenvalue weighted by atomic mass is 16.2. The van der Waals surface area contributed by atoms with Gasteiger partial charge in [-0.1, -0.05) is 5.92 Å². The minimum Gasteiger partial charge on any atom is -0.344 e. The topological polar surface area (TPSA) is 44.4 Å². The molecular weight excluding hydrogens is 190 g/mol. The van der Waals surface area contributed by atoms with Gasteiger partial charge in [0.25, 0.3) is 0 Å². The second-order valence-electron chi connectivity index (χ2n) is 3.87. The maximum absolute atomic E-state index is 11.6. The van der Waals surface area contributed by atoms with Crippen LogP contribution in [0.15, 0.2) is 0 Å². The van der Waals surface area contributed by atoms with E-state index in [1.807, 2.05) is 14.0 Å². The Kier molecular flexibility index (Phi) is 4.60. The van der Waals surface area contributed by atoms with Crippen molar-refractivity contribution >= 4 is 5.91 Å². The smallest absolute Gasteiger partial charge is 0.237 e. The summed E-state index contributed by atoms with van der Waals surface area (Å²) < 4.78 is 0. The van der Waals surface area contributed by atoms with Crippen LogP contribution in [0.25, 0.3) is 0 Å². The first-order valence-corrected chi connectivity index (χ1v) is 5.31. The van der Waals surface area contributed by atoms with Crippen LogP contribution >= 0.6 is 0 Å². The van der Waals surface area contributed by atoms with E-state index in [2.05, 4.69) is 21.5 Å². The van der Waals surface area contributed by atoms with E-state index in [1.165, 1.54) is 0 Å². The van der Waals surface area contributed by atoms with Crippen molar-refractivity contribution < 1.29 is 4.79 Å². The number of amides is 1. The summed E-state index contributed by atoms with van der Waals surface area (Å²) in [7, 11) is 1.96. The summed E-state index contributed by atoms with van der Waals surface area (Å²) in [4.78, 5) is 13.8. The number of carbonyl (C=O) groups excluding carboxylic acids is 1. The molecule has 0 aromatic carbocycles. The molecule has 4 nitrogen and oxygen atoms in total. The Labute approximate surface area is 91.4 Å². The van der Waals surface area contributed by atoms with E-state index in [4.69, 9.17) is 6.42 Å². The standard InChI is InChI=1S/C11H19N3O/c1-4-6-13-11(15)9(2)14-7-5-10(8-14)12-3/h1,9-10,12H,5-8H2,2-3H3,(H,13,15). The first-order chi connectivity index (χ1) is 7.19. The number of terminal acetylenes is 1. The summed E-state index contributed by atoms with van der Waals surface area (Å²) in [6.07, 6.45) is 6.19. The maximum Gasteiger partial charge on any atom is 0.237 e. The van der Waals surface area contributed by atoms with Crippen molar-refractivity contribution in [3.63, 3.8) is 0 Å². The van der Waals surface area contributed by atoms with E-state index in [-0.39, 0.29) is 11.9 Å². The molecule has 1 aliphatic rings. The van der Waals surface area contributed by atoms with Gasteiger partial charge < -0.3 is 10.6 Å². The minimum atomic E-state index is -0.0864. The molecule has 1 fully saturated rings. The molecular formula is C11H19N3O. The zero-order valence-corrected chi connectivity index (χ0v) is 9.42. The molecule has 1 heterocycles. The van der Waals surface area contributed by atoms with Gasteiger partial charge in [-0.05, 0) is 20.4 Å². The number of nitrogens with one attached hydrogen (secondary N) is 2. The summed E-state index contributed by atoms with van der Waals surface area (Å²) >= 11 is 0. The van der Waals surface area contributed by atoms with Crippen molar-refractivity contribution in [2.45, 2.75) is 25.4 Å². The molecule has 0 saturated carbocycles. The fraction of sp³-hybridized carbons (Fsp3) is 0.727. The molecule has 1 amide bonds. The molecule has 84 valence electrons. The van der Waals surface area contributed by atoms with E-state index >= 15 is 0 Å². The van der Waals surface area contributed by atoms with Crippen molar-refractivity contribution in [2.24, 2.45) is 0 Å². The lowest BCUT2D eigenvalue weighted by molar-refractivity contribution is -0.125. The Morgan fingerprint density at radius 1 is 1.73 bits per heavy atom. The third kappa shape index (κ3) is 3.22. The van der Waals surface area contributed by atoms with Crippen LogP contribution in [0, 0.1) is 12.3 Å². The summed E-state index contributed by atoms with van der Waals surface area (Å²) in [5.41, 5.74) is 0. The van der Waals surface area contributed by atoms with E-state index in [0.29, 0.717) is 12.6 Å². The van der Waals surface area contributed by atoms with E-state index in [1.54, 1.807) is 0 Å². The Morgan fingerprint density at radius 3 is 3.00 bits per heavy atom. The van der Waals surface area contributed by atoms with Crippen LogP contribution in [-0.2, 0) is 4.79 Å². The zero-order chi connectivity index (χ0) is 11.3. The summed E-state index contributed by atoms with van der Waals surface area (Å²) in [6, 6.07) is 0.421. The first-order valence-electron chi connectivity index (χ1n) is 5.31. The van der Waals surface area contributed by atoms with Crippen molar-refractivity contribution in [3.8, 4) is 12.3 Å². The van der Waals surface area contributed by atoms with Gasteiger partial charge in [0.2, 0.25) is 5.91 Å². The maximum atomic E-state index is 11.6. The highest BCUT2D eigenvalue weighted by Gasteiger charge is 2.28. The fourth-order valence-corrected chi connectivity index (χ4v) is 1.83. The quantitative estimate of drug-likeness (QED) is 0.609. The minimum absolute atomic E-state index is 0.0182. The molecule has 1 aliphatic heterocycles. The molecule has 2 unspecified atom stereocenters. The largest absolute Gasteiger partial charge is 0.344 e. The number of hydrogen-bond acceptors (Lipinski definition) is 3. The van der Waals surface area contributed by atoms with Crippen molar-refractivity contribution in [3.05, 3.63) is 0 Å². The van der Waals surface area contributed by atoms with E-state index in [9.17, 15) is 4.79 Å². The molecule has 4 heteroatoms. The molecule has 1 rings (SSSR count). The van der Waals surface area contributed by atoms with Crippen LogP contribution in [0.1, 0.15) is 13.3 Å². The molecule has 2 N–H and O–H groups in total. The molecule has 1 saturated heterocycles. The lowest BCUT2D eigenvalue weighted by Gasteiger charge is -2.22. The van der Waals surface area contributed by atoms with Gasteiger partial charge in [-0.3, -0.25) is 9.69 Å². The normalized spacial score (nSPS) is 23.4. The predicted molar refractivity (Wildman–Crippen MR) is 60.3 cm³/mol. The van der Waals surface area contributed by atoms with Crippen LogP contribution in [0.2, 0.25) is 0 Å². The fourth-order valence-electron chi connectivity index (χ4n) is 1.83. The van der Waals surface area contributed by atoms with Gasteiger partial charge in [-0.2, -0.15) is 0 Å². The van der Waals surface area contributed by atoms with Gasteiger partial charge in [0.15, 0.2) is 0 Å². The van der Waals surface area contributed by atoms with Gasteiger partial charge in [0.1, 0.15) is 0 Å². The molecule has 0 aromatic heterocycles. The van der Waals surface area contributed by atoms with Crippen LogP contribution in [0.4, 0.5) is 0 Å². The van der Waals surface area contributed by atoms with Gasteiger partial charge in [-0.25, -0.2) is 0 Å². The van der Waals surface area contributed by atoms with Crippen molar-refractivity contribution in [1.82, 2.24) is 15.5 Å². The molecule has 15 heavy (non-hydrogen) atoms. The van der Waals surface area contributed by atoms with Gasteiger partial charge in [0.05, 0.1) is 12.6 Å². The monoisotopic (exact) mass is 209 g/mol. The first kappa shape index (κ1) is 12.0. The second-order valence-corrected chi connectivity index (χ2v) is 3.87. The Balaban J connectivity index is 2.37. The highest BCUT2D eigenvalue weighted by molar-refractivity contribution is 5.81. The second kappa shape index (κ2) is 5.74. The molecule has 0 spiro atoms. The Bertz CT molecular complexity index is 259. The van der Waals surface area contributed by atoms with Crippen molar-refractivity contribution in [1.29, 1.82) is 0 Å². The van der Waals surface area contributed by atoms with Crippen LogP contribution < -0.4 is 10.6 Å². The van der Waals surface area contributed by atoms with Crippen LogP contribution in [0.5, 0.6) is 0 Å². The van der Waals surface area contributed by atoms with E-state index in [0.717, 1.165) is 19.5 Å². The summed E-state index contributed by atoms with van der Waals surface area (Å²) in [6.45, 7) is 4.13. The molecule has 0 aliphatic carbocycles. The third-order valence-corrected chi connectivity index (χ3v) is 2.92. The SMILES string of the molecule is C#CCNC(=O)C(C)N1CCC(NC)C1. The van der Waals surface area contributed by atoms with Gasteiger partial charge in [-0.15, -0.1) is 6.42 Å². The van der Waals surface area contributed by atoms with Gasteiger partial charge >= 0.3 is 0 Å². The number of likely N-dealkylation sites (tertiary alicyclic amines) is 1. The van der Waals surface area contributed by atoms with Crippen LogP contribution in [-0.4, -0.2) is 49.6 Å². The Hall–Kier alpha value is -1.05. The number of rotatable bonds is 4. The molecule has 0 aromatic rings. The van der Waals surface area contributed by atoms with Gasteiger partial charge in [0, 0.05) is 19.1 Å². The number of carbonyl (C=O) groups is 1. The summed E-state index contributed by atoms with van der Waals surface area (Å²) in [5, 5.41) is 5.93. The van der Waals surface area contributed by atoms with Crippen molar-refractivity contribution in [2.75, 3.05) is 26.7 Å². The van der Waals surface area contributed by atoms with E-state index < -0.39 is 0 Å². The lowest BCUT2D eigenvalue weighted by Crippen LogP contribution is -2.45. The Morgan fingerprint density at radius 2 is 2.47 bits per heavy atom. The number of nitrogens with zero attached hydrogens (tertiary/aromatic N) is 1.